The standard InChI is InChI=1S/C13H14F3N3O2/c14-13(15,16)8-1-2-10(17-4-8)19-6-12(7-19)3-9(20)5-18-11(12)21/h1-2,4,9,20H,3,5-7H2,(H,18,21). The van der Waals surface area contributed by atoms with Crippen LogP contribution in [-0.2, 0) is 11.0 Å². The summed E-state index contributed by atoms with van der Waals surface area (Å²) in [7, 11) is 0. The van der Waals surface area contributed by atoms with E-state index < -0.39 is 23.3 Å². The van der Waals surface area contributed by atoms with E-state index in [4.69, 9.17) is 0 Å². The third-order valence-corrected chi connectivity index (χ3v) is 3.99. The molecule has 2 aliphatic rings. The number of aliphatic hydroxyl groups excluding tert-OH is 1. The van der Waals surface area contributed by atoms with Gasteiger partial charge in [-0.3, -0.25) is 4.79 Å². The zero-order chi connectivity index (χ0) is 15.3. The highest BCUT2D eigenvalue weighted by molar-refractivity contribution is 5.87. The van der Waals surface area contributed by atoms with Crippen molar-refractivity contribution in [1.29, 1.82) is 0 Å². The third-order valence-electron chi connectivity index (χ3n) is 3.99. The van der Waals surface area contributed by atoms with E-state index in [1.807, 2.05) is 0 Å². The second kappa shape index (κ2) is 4.59. The number of β-amino-alcohol motifs (C(OH)–C–C–N with tert-alkyl or cyclic N) is 1. The van der Waals surface area contributed by atoms with Crippen LogP contribution < -0.4 is 10.2 Å². The van der Waals surface area contributed by atoms with Gasteiger partial charge in [-0.25, -0.2) is 4.98 Å². The third kappa shape index (κ3) is 2.44. The number of carbonyl (C=O) groups is 1. The molecular weight excluding hydrogens is 287 g/mol. The predicted molar refractivity (Wildman–Crippen MR) is 67.5 cm³/mol. The molecule has 3 rings (SSSR count). The highest BCUT2D eigenvalue weighted by Gasteiger charge is 2.52. The van der Waals surface area contributed by atoms with Crippen molar-refractivity contribution in [2.24, 2.45) is 5.41 Å². The number of carbonyl (C=O) groups excluding carboxylic acids is 1. The summed E-state index contributed by atoms with van der Waals surface area (Å²) in [6, 6.07) is 2.27. The van der Waals surface area contributed by atoms with E-state index in [1.54, 1.807) is 4.90 Å². The maximum Gasteiger partial charge on any atom is 0.417 e. The Morgan fingerprint density at radius 1 is 1.38 bits per heavy atom. The second-order valence-electron chi connectivity index (χ2n) is 5.61. The van der Waals surface area contributed by atoms with Crippen molar-refractivity contribution in [2.45, 2.75) is 18.7 Å². The molecule has 0 bridgehead atoms. The fourth-order valence-electron chi connectivity index (χ4n) is 2.87. The summed E-state index contributed by atoms with van der Waals surface area (Å²) in [6.07, 6.45) is -3.83. The number of nitrogens with zero attached hydrogens (tertiary/aromatic N) is 2. The Balaban J connectivity index is 1.70. The van der Waals surface area contributed by atoms with E-state index >= 15 is 0 Å². The first-order valence-electron chi connectivity index (χ1n) is 6.55. The van der Waals surface area contributed by atoms with Gasteiger partial charge in [0.1, 0.15) is 5.82 Å². The molecule has 21 heavy (non-hydrogen) atoms. The van der Waals surface area contributed by atoms with E-state index in [2.05, 4.69) is 10.3 Å². The van der Waals surface area contributed by atoms with Gasteiger partial charge in [-0.15, -0.1) is 0 Å². The van der Waals surface area contributed by atoms with Gasteiger partial charge in [0.05, 0.1) is 17.1 Å². The van der Waals surface area contributed by atoms with Crippen molar-refractivity contribution < 1.29 is 23.1 Å². The molecule has 1 spiro atoms. The number of hydrogen-bond acceptors (Lipinski definition) is 4. The topological polar surface area (TPSA) is 65.5 Å². The fraction of sp³-hybridized carbons (Fsp3) is 0.538. The number of halogens is 3. The van der Waals surface area contributed by atoms with Crippen molar-refractivity contribution in [2.75, 3.05) is 24.5 Å². The Labute approximate surface area is 118 Å². The summed E-state index contributed by atoms with van der Waals surface area (Å²) in [5, 5.41) is 12.3. The Kier molecular flexibility index (Phi) is 3.09. The van der Waals surface area contributed by atoms with Crippen LogP contribution in [0.4, 0.5) is 19.0 Å². The van der Waals surface area contributed by atoms with Crippen molar-refractivity contribution in [3.05, 3.63) is 23.9 Å². The molecule has 1 amide bonds. The Hall–Kier alpha value is -1.83. The SMILES string of the molecule is O=C1NCC(O)CC12CN(c1ccc(C(F)(F)F)cn1)C2. The number of alkyl halides is 3. The predicted octanol–water partition coefficient (Wildman–Crippen LogP) is 0.788. The van der Waals surface area contributed by atoms with E-state index in [-0.39, 0.29) is 12.5 Å². The number of hydrogen-bond donors (Lipinski definition) is 2. The monoisotopic (exact) mass is 301 g/mol. The Bertz CT molecular complexity index is 553. The summed E-state index contributed by atoms with van der Waals surface area (Å²) in [6.45, 7) is 0.960. The van der Waals surface area contributed by atoms with Crippen LogP contribution in [0.3, 0.4) is 0 Å². The summed E-state index contributed by atoms with van der Waals surface area (Å²) >= 11 is 0. The molecule has 114 valence electrons. The van der Waals surface area contributed by atoms with Crippen molar-refractivity contribution in [3.63, 3.8) is 0 Å². The molecule has 1 aromatic heterocycles. The maximum atomic E-state index is 12.5. The van der Waals surface area contributed by atoms with E-state index in [0.29, 0.717) is 25.3 Å². The zero-order valence-electron chi connectivity index (χ0n) is 11.0. The molecule has 2 aliphatic heterocycles. The second-order valence-corrected chi connectivity index (χ2v) is 5.61. The van der Waals surface area contributed by atoms with Crippen LogP contribution in [0.25, 0.3) is 0 Å². The van der Waals surface area contributed by atoms with Crippen LogP contribution in [0.1, 0.15) is 12.0 Å². The number of aliphatic hydroxyl groups is 1. The smallest absolute Gasteiger partial charge is 0.391 e. The number of aromatic nitrogens is 1. The normalized spacial score (nSPS) is 24.7. The van der Waals surface area contributed by atoms with Crippen LogP contribution >= 0.6 is 0 Å². The molecule has 0 radical (unpaired) electrons. The minimum Gasteiger partial charge on any atom is -0.391 e. The van der Waals surface area contributed by atoms with Gasteiger partial charge >= 0.3 is 6.18 Å². The number of nitrogens with one attached hydrogen (secondary N) is 1. The van der Waals surface area contributed by atoms with Gasteiger partial charge in [-0.2, -0.15) is 13.2 Å². The molecule has 0 aromatic carbocycles. The average molecular weight is 301 g/mol. The molecule has 1 unspecified atom stereocenters. The molecule has 8 heteroatoms. The maximum absolute atomic E-state index is 12.5. The number of pyridine rings is 1. The highest BCUT2D eigenvalue weighted by Crippen LogP contribution is 2.40. The van der Waals surface area contributed by atoms with Gasteiger partial charge in [0, 0.05) is 25.8 Å². The molecular formula is C13H14F3N3O2. The molecule has 1 atom stereocenters. The zero-order valence-corrected chi connectivity index (χ0v) is 11.0. The van der Waals surface area contributed by atoms with Crippen molar-refractivity contribution >= 4 is 11.7 Å². The Morgan fingerprint density at radius 3 is 2.67 bits per heavy atom. The quantitative estimate of drug-likeness (QED) is 0.805. The summed E-state index contributed by atoms with van der Waals surface area (Å²) in [5.41, 5.74) is -1.45. The summed E-state index contributed by atoms with van der Waals surface area (Å²) in [4.78, 5) is 17.4. The minimum atomic E-state index is -4.41. The molecule has 0 saturated carbocycles. The largest absolute Gasteiger partial charge is 0.417 e. The van der Waals surface area contributed by atoms with Gasteiger partial charge in [-0.05, 0) is 18.6 Å². The first-order chi connectivity index (χ1) is 9.80. The Morgan fingerprint density at radius 2 is 2.10 bits per heavy atom. The van der Waals surface area contributed by atoms with E-state index in [1.165, 1.54) is 6.07 Å². The van der Waals surface area contributed by atoms with Crippen LogP contribution in [0.2, 0.25) is 0 Å². The molecule has 2 fully saturated rings. The number of rotatable bonds is 1. The lowest BCUT2D eigenvalue weighted by Gasteiger charge is -2.52. The molecule has 2 N–H and O–H groups in total. The van der Waals surface area contributed by atoms with Gasteiger partial charge in [0.15, 0.2) is 0 Å². The molecule has 3 heterocycles. The molecule has 1 aromatic rings. The number of piperidine rings is 1. The average Bonchev–Trinajstić information content (AvgIpc) is 2.38. The molecule has 0 aliphatic carbocycles. The van der Waals surface area contributed by atoms with Gasteiger partial charge in [-0.1, -0.05) is 0 Å². The van der Waals surface area contributed by atoms with Crippen molar-refractivity contribution in [3.8, 4) is 0 Å². The van der Waals surface area contributed by atoms with Crippen LogP contribution in [0, 0.1) is 5.41 Å². The van der Waals surface area contributed by atoms with Crippen LogP contribution in [0.5, 0.6) is 0 Å². The lowest BCUT2D eigenvalue weighted by atomic mass is 9.72. The number of anilines is 1. The van der Waals surface area contributed by atoms with Crippen LogP contribution in [0.15, 0.2) is 18.3 Å². The molecule has 5 nitrogen and oxygen atoms in total. The van der Waals surface area contributed by atoms with Gasteiger partial charge < -0.3 is 15.3 Å². The fourth-order valence-corrected chi connectivity index (χ4v) is 2.87. The lowest BCUT2D eigenvalue weighted by molar-refractivity contribution is -0.139. The van der Waals surface area contributed by atoms with Gasteiger partial charge in [0.25, 0.3) is 0 Å². The molecule has 2 saturated heterocycles. The first kappa shape index (κ1) is 14.1. The highest BCUT2D eigenvalue weighted by atomic mass is 19.4. The lowest BCUT2D eigenvalue weighted by Crippen LogP contribution is -2.67. The van der Waals surface area contributed by atoms with Crippen LogP contribution in [-0.4, -0.2) is 41.7 Å². The minimum absolute atomic E-state index is 0.115. The number of amides is 1. The van der Waals surface area contributed by atoms with E-state index in [0.717, 1.165) is 12.3 Å². The van der Waals surface area contributed by atoms with E-state index in [9.17, 15) is 23.1 Å². The summed E-state index contributed by atoms with van der Waals surface area (Å²) in [5.74, 6) is 0.289. The van der Waals surface area contributed by atoms with Crippen molar-refractivity contribution in [1.82, 2.24) is 10.3 Å². The summed E-state index contributed by atoms with van der Waals surface area (Å²) < 4.78 is 37.4. The first-order valence-corrected chi connectivity index (χ1v) is 6.55. The van der Waals surface area contributed by atoms with Gasteiger partial charge in [0.2, 0.25) is 5.91 Å².